The highest BCUT2D eigenvalue weighted by Crippen LogP contribution is 2.36. The summed E-state index contributed by atoms with van der Waals surface area (Å²) in [6, 6.07) is 12.9. The van der Waals surface area contributed by atoms with E-state index in [9.17, 15) is 4.79 Å². The van der Waals surface area contributed by atoms with E-state index in [4.69, 9.17) is 21.1 Å². The first-order valence-corrected chi connectivity index (χ1v) is 8.04. The summed E-state index contributed by atoms with van der Waals surface area (Å²) in [6.45, 7) is 0. The number of rotatable bonds is 4. The average molecular weight is 348 g/mol. The summed E-state index contributed by atoms with van der Waals surface area (Å²) >= 11 is 7.70. The van der Waals surface area contributed by atoms with Gasteiger partial charge in [0.25, 0.3) is 5.91 Å². The number of thiophene rings is 1. The third-order valence-corrected chi connectivity index (χ3v) is 5.07. The molecule has 0 bridgehead atoms. The normalized spacial score (nSPS) is 10.6. The van der Waals surface area contributed by atoms with E-state index in [-0.39, 0.29) is 5.91 Å². The molecule has 0 unspecified atom stereocenters. The first-order chi connectivity index (χ1) is 11.1. The molecule has 3 aromatic rings. The molecule has 2 aromatic carbocycles. The minimum absolute atomic E-state index is 0.275. The Morgan fingerprint density at radius 3 is 2.61 bits per heavy atom. The van der Waals surface area contributed by atoms with Crippen molar-refractivity contribution in [3.8, 4) is 11.5 Å². The van der Waals surface area contributed by atoms with Crippen molar-refractivity contribution < 1.29 is 14.3 Å². The Labute approximate surface area is 142 Å². The molecule has 4 nitrogen and oxygen atoms in total. The van der Waals surface area contributed by atoms with Gasteiger partial charge in [-0.15, -0.1) is 11.3 Å². The van der Waals surface area contributed by atoms with E-state index in [1.165, 1.54) is 11.3 Å². The number of fused-ring (bicyclic) bond motifs is 1. The average Bonchev–Trinajstić information content (AvgIpc) is 2.92. The fourth-order valence-corrected chi connectivity index (χ4v) is 3.66. The molecule has 118 valence electrons. The molecule has 0 saturated heterocycles. The van der Waals surface area contributed by atoms with E-state index in [2.05, 4.69) is 5.32 Å². The number of hydrogen-bond acceptors (Lipinski definition) is 4. The van der Waals surface area contributed by atoms with Crippen LogP contribution < -0.4 is 14.8 Å². The number of halogens is 1. The minimum Gasteiger partial charge on any atom is -0.497 e. The summed E-state index contributed by atoms with van der Waals surface area (Å²) in [5.74, 6) is 0.905. The maximum absolute atomic E-state index is 12.6. The third-order valence-electron chi connectivity index (χ3n) is 3.40. The van der Waals surface area contributed by atoms with Gasteiger partial charge in [0.05, 0.1) is 24.9 Å². The summed E-state index contributed by atoms with van der Waals surface area (Å²) in [7, 11) is 3.11. The van der Waals surface area contributed by atoms with Crippen LogP contribution in [0.3, 0.4) is 0 Å². The highest BCUT2D eigenvalue weighted by Gasteiger charge is 2.18. The molecule has 1 aromatic heterocycles. The van der Waals surface area contributed by atoms with Gasteiger partial charge in [0, 0.05) is 16.2 Å². The highest BCUT2D eigenvalue weighted by molar-refractivity contribution is 7.21. The summed E-state index contributed by atoms with van der Waals surface area (Å²) < 4.78 is 11.4. The standard InChI is InChI=1S/C17H14ClNO3S/c1-21-10-7-8-13(22-2)12(9-10)19-17(20)16-15(18)11-5-3-4-6-14(11)23-16/h3-9H,1-2H3,(H,19,20). The Kier molecular flexibility index (Phi) is 4.41. The molecular weight excluding hydrogens is 334 g/mol. The molecule has 0 atom stereocenters. The Hall–Kier alpha value is -2.24. The Balaban J connectivity index is 1.96. The number of hydrogen-bond donors (Lipinski definition) is 1. The predicted molar refractivity (Wildman–Crippen MR) is 94.3 cm³/mol. The van der Waals surface area contributed by atoms with Gasteiger partial charge in [0.15, 0.2) is 0 Å². The molecule has 1 amide bonds. The zero-order valence-corrected chi connectivity index (χ0v) is 14.1. The number of anilines is 1. The van der Waals surface area contributed by atoms with Crippen LogP contribution >= 0.6 is 22.9 Å². The Morgan fingerprint density at radius 2 is 1.91 bits per heavy atom. The van der Waals surface area contributed by atoms with Gasteiger partial charge in [-0.3, -0.25) is 4.79 Å². The largest absolute Gasteiger partial charge is 0.497 e. The van der Waals surface area contributed by atoms with Gasteiger partial charge in [0.1, 0.15) is 16.4 Å². The monoisotopic (exact) mass is 347 g/mol. The van der Waals surface area contributed by atoms with Crippen molar-refractivity contribution in [2.24, 2.45) is 0 Å². The van der Waals surface area contributed by atoms with Gasteiger partial charge in [0.2, 0.25) is 0 Å². The van der Waals surface area contributed by atoms with Crippen molar-refractivity contribution in [3.63, 3.8) is 0 Å². The van der Waals surface area contributed by atoms with Crippen LogP contribution in [-0.4, -0.2) is 20.1 Å². The molecule has 0 aliphatic rings. The smallest absolute Gasteiger partial charge is 0.267 e. The van der Waals surface area contributed by atoms with Crippen LogP contribution in [0, 0.1) is 0 Å². The lowest BCUT2D eigenvalue weighted by Gasteiger charge is -2.11. The number of methoxy groups -OCH3 is 2. The maximum atomic E-state index is 12.6. The first-order valence-electron chi connectivity index (χ1n) is 6.84. The maximum Gasteiger partial charge on any atom is 0.267 e. The van der Waals surface area contributed by atoms with E-state index in [1.54, 1.807) is 32.4 Å². The lowest BCUT2D eigenvalue weighted by Crippen LogP contribution is -2.11. The topological polar surface area (TPSA) is 47.6 Å². The molecule has 6 heteroatoms. The van der Waals surface area contributed by atoms with Crippen LogP contribution in [0.1, 0.15) is 9.67 Å². The van der Waals surface area contributed by atoms with Crippen molar-refractivity contribution in [2.45, 2.75) is 0 Å². The van der Waals surface area contributed by atoms with Crippen LogP contribution in [0.4, 0.5) is 5.69 Å². The van der Waals surface area contributed by atoms with Gasteiger partial charge in [-0.1, -0.05) is 29.8 Å². The van der Waals surface area contributed by atoms with Crippen LogP contribution in [0.25, 0.3) is 10.1 Å². The lowest BCUT2D eigenvalue weighted by molar-refractivity contribution is 0.103. The fraction of sp³-hybridized carbons (Fsp3) is 0.118. The molecule has 23 heavy (non-hydrogen) atoms. The van der Waals surface area contributed by atoms with Gasteiger partial charge >= 0.3 is 0 Å². The lowest BCUT2D eigenvalue weighted by atomic mass is 10.2. The Bertz CT molecular complexity index is 875. The second-order valence-electron chi connectivity index (χ2n) is 4.76. The van der Waals surface area contributed by atoms with Crippen molar-refractivity contribution in [1.29, 1.82) is 0 Å². The molecule has 0 saturated carbocycles. The fourth-order valence-electron chi connectivity index (χ4n) is 2.25. The number of carbonyl (C=O) groups is 1. The summed E-state index contributed by atoms with van der Waals surface area (Å²) in [5, 5.41) is 4.18. The van der Waals surface area contributed by atoms with Crippen molar-refractivity contribution in [3.05, 3.63) is 52.4 Å². The second-order valence-corrected chi connectivity index (χ2v) is 6.19. The van der Waals surface area contributed by atoms with E-state index in [0.717, 1.165) is 10.1 Å². The number of benzene rings is 2. The molecule has 0 spiro atoms. The molecule has 1 heterocycles. The zero-order valence-electron chi connectivity index (χ0n) is 12.6. The molecule has 0 aliphatic heterocycles. The predicted octanol–water partition coefficient (Wildman–Crippen LogP) is 4.82. The SMILES string of the molecule is COc1ccc(OC)c(NC(=O)c2sc3ccccc3c2Cl)c1. The van der Waals surface area contributed by atoms with Gasteiger partial charge < -0.3 is 14.8 Å². The zero-order chi connectivity index (χ0) is 16.4. The number of amides is 1. The van der Waals surface area contributed by atoms with Crippen LogP contribution in [0.2, 0.25) is 5.02 Å². The van der Waals surface area contributed by atoms with E-state index < -0.39 is 0 Å². The second kappa shape index (κ2) is 6.48. The number of ether oxygens (including phenoxy) is 2. The first kappa shape index (κ1) is 15.6. The van der Waals surface area contributed by atoms with Gasteiger partial charge in [-0.25, -0.2) is 0 Å². The minimum atomic E-state index is -0.275. The summed E-state index contributed by atoms with van der Waals surface area (Å²) in [6.07, 6.45) is 0. The third kappa shape index (κ3) is 2.98. The van der Waals surface area contributed by atoms with Gasteiger partial charge in [-0.2, -0.15) is 0 Å². The van der Waals surface area contributed by atoms with Crippen molar-refractivity contribution >= 4 is 44.6 Å². The molecule has 0 fully saturated rings. The van der Waals surface area contributed by atoms with Crippen LogP contribution in [0.5, 0.6) is 11.5 Å². The number of nitrogens with one attached hydrogen (secondary N) is 1. The molecule has 0 aliphatic carbocycles. The van der Waals surface area contributed by atoms with Crippen LogP contribution in [-0.2, 0) is 0 Å². The van der Waals surface area contributed by atoms with E-state index >= 15 is 0 Å². The Morgan fingerprint density at radius 1 is 1.13 bits per heavy atom. The number of carbonyl (C=O) groups excluding carboxylic acids is 1. The highest BCUT2D eigenvalue weighted by atomic mass is 35.5. The molecular formula is C17H14ClNO3S. The van der Waals surface area contributed by atoms with Crippen LogP contribution in [0.15, 0.2) is 42.5 Å². The van der Waals surface area contributed by atoms with E-state index in [1.807, 2.05) is 24.3 Å². The van der Waals surface area contributed by atoms with Crippen molar-refractivity contribution in [2.75, 3.05) is 19.5 Å². The van der Waals surface area contributed by atoms with Crippen molar-refractivity contribution in [1.82, 2.24) is 0 Å². The molecule has 3 rings (SSSR count). The van der Waals surface area contributed by atoms with E-state index in [0.29, 0.717) is 27.1 Å². The van der Waals surface area contributed by atoms with Gasteiger partial charge in [-0.05, 0) is 18.2 Å². The summed E-state index contributed by atoms with van der Waals surface area (Å²) in [4.78, 5) is 13.1. The quantitative estimate of drug-likeness (QED) is 0.735. The summed E-state index contributed by atoms with van der Waals surface area (Å²) in [5.41, 5.74) is 0.533. The molecule has 0 radical (unpaired) electrons. The molecule has 1 N–H and O–H groups in total.